The highest BCUT2D eigenvalue weighted by Gasteiger charge is 2.25. The van der Waals surface area contributed by atoms with E-state index in [0.29, 0.717) is 0 Å². The average Bonchev–Trinajstić information content (AvgIpc) is 3.08. The fraction of sp³-hybridized carbons (Fsp3) is 1.00. The molecule has 0 aliphatic heterocycles. The second-order valence-corrected chi connectivity index (χ2v) is 16.3. The van der Waals surface area contributed by atoms with E-state index in [1.807, 2.05) is 0 Å². The topological polar surface area (TPSA) is 0 Å². The molecule has 1 nitrogen and oxygen atoms in total. The maximum Gasteiger partial charge on any atom is 0.0786 e. The predicted octanol–water partition coefficient (Wildman–Crippen LogP) is 13.7. The zero-order chi connectivity index (χ0) is 34.2. The van der Waals surface area contributed by atoms with E-state index in [0.717, 1.165) is 0 Å². The lowest BCUT2D eigenvalue weighted by molar-refractivity contribution is -0.929. The minimum Gasteiger partial charge on any atom is -1.00 e. The molecule has 0 aromatic carbocycles. The number of hydrogen-bond acceptors (Lipinski definition) is 0. The van der Waals surface area contributed by atoms with Gasteiger partial charge in [-0.15, -0.1) is 0 Å². The maximum absolute atomic E-state index is 2.39. The minimum atomic E-state index is 0. The third-order valence-corrected chi connectivity index (χ3v) is 11.4. The number of quaternary nitrogens is 1. The van der Waals surface area contributed by atoms with Crippen LogP contribution in [0.2, 0.25) is 0 Å². The van der Waals surface area contributed by atoms with Crippen molar-refractivity contribution in [3.8, 4) is 0 Å². The minimum absolute atomic E-state index is 0. The van der Waals surface area contributed by atoms with E-state index in [1.165, 1.54) is 275 Å². The first-order chi connectivity index (χ1) is 23.2. The van der Waals surface area contributed by atoms with Gasteiger partial charge in [0.05, 0.1) is 26.2 Å². The van der Waals surface area contributed by atoms with Gasteiger partial charge in [-0.2, -0.15) is 0 Å². The third-order valence-electron chi connectivity index (χ3n) is 11.4. The van der Waals surface area contributed by atoms with Crippen molar-refractivity contribution in [3.05, 3.63) is 0 Å². The standard InChI is InChI=1S/C46H96N.HI/c1-5-9-13-15-17-19-21-23-25-27-29-31-33-35-37-41-45-47(43-39-11-7-3,44-40-12-8-4)46-42-38-36-34-32-30-28-26-24-22-20-18-16-14-10-6-2;/h5-46H2,1-4H3;1H/q+1;/p-1. The zero-order valence-electron chi connectivity index (χ0n) is 34.5. The first kappa shape index (κ1) is 50.8. The molecule has 0 atom stereocenters. The van der Waals surface area contributed by atoms with Crippen LogP contribution in [0.1, 0.15) is 272 Å². The summed E-state index contributed by atoms with van der Waals surface area (Å²) < 4.78 is 1.47. The van der Waals surface area contributed by atoms with Crippen molar-refractivity contribution >= 4 is 0 Å². The summed E-state index contributed by atoms with van der Waals surface area (Å²) in [5, 5.41) is 0. The van der Waals surface area contributed by atoms with Crippen molar-refractivity contribution in [2.24, 2.45) is 0 Å². The summed E-state index contributed by atoms with van der Waals surface area (Å²) in [6.45, 7) is 15.3. The Bertz CT molecular complexity index is 500. The first-order valence-electron chi connectivity index (χ1n) is 23.1. The molecular weight excluding hydrogens is 693 g/mol. The molecule has 0 radical (unpaired) electrons. The number of halogens is 1. The Hall–Kier alpha value is 0.690. The highest BCUT2D eigenvalue weighted by molar-refractivity contribution is 4.55. The van der Waals surface area contributed by atoms with Gasteiger partial charge < -0.3 is 28.5 Å². The Labute approximate surface area is 324 Å². The summed E-state index contributed by atoms with van der Waals surface area (Å²) in [6.07, 6.45) is 55.7. The molecule has 0 unspecified atom stereocenters. The summed E-state index contributed by atoms with van der Waals surface area (Å²) in [5.74, 6) is 0. The summed E-state index contributed by atoms with van der Waals surface area (Å²) in [6, 6.07) is 0. The quantitative estimate of drug-likeness (QED) is 0.0328. The molecule has 0 aromatic rings. The molecule has 0 spiro atoms. The van der Waals surface area contributed by atoms with Crippen molar-refractivity contribution < 1.29 is 28.5 Å². The van der Waals surface area contributed by atoms with E-state index in [2.05, 4.69) is 27.7 Å². The van der Waals surface area contributed by atoms with E-state index in [-0.39, 0.29) is 24.0 Å². The Morgan fingerprint density at radius 3 is 0.500 bits per heavy atom. The molecule has 292 valence electrons. The molecule has 0 bridgehead atoms. The highest BCUT2D eigenvalue weighted by Crippen LogP contribution is 2.21. The lowest BCUT2D eigenvalue weighted by Gasteiger charge is -2.39. The molecule has 48 heavy (non-hydrogen) atoms. The first-order valence-corrected chi connectivity index (χ1v) is 23.1. The van der Waals surface area contributed by atoms with Crippen LogP contribution in [0.15, 0.2) is 0 Å². The molecule has 0 amide bonds. The van der Waals surface area contributed by atoms with E-state index in [1.54, 1.807) is 0 Å². The van der Waals surface area contributed by atoms with Crippen LogP contribution in [0.25, 0.3) is 0 Å². The number of unbranched alkanes of at least 4 members (excludes halogenated alkanes) is 34. The fourth-order valence-electron chi connectivity index (χ4n) is 8.06. The lowest BCUT2D eigenvalue weighted by atomic mass is 10.0. The molecule has 0 saturated carbocycles. The molecule has 0 saturated heterocycles. The largest absolute Gasteiger partial charge is 1.00 e. The van der Waals surface area contributed by atoms with Crippen LogP contribution in [-0.2, 0) is 0 Å². The third kappa shape index (κ3) is 37.9. The predicted molar refractivity (Wildman–Crippen MR) is 218 cm³/mol. The Kier molecular flexibility index (Phi) is 46.4. The molecule has 0 fully saturated rings. The van der Waals surface area contributed by atoms with Crippen LogP contribution in [0, 0.1) is 0 Å². The normalized spacial score (nSPS) is 11.8. The fourth-order valence-corrected chi connectivity index (χ4v) is 8.06. The maximum atomic E-state index is 2.39. The van der Waals surface area contributed by atoms with Crippen molar-refractivity contribution in [1.29, 1.82) is 0 Å². The molecule has 0 aliphatic carbocycles. The molecule has 0 N–H and O–H groups in total. The van der Waals surface area contributed by atoms with Crippen molar-refractivity contribution in [1.82, 2.24) is 0 Å². The summed E-state index contributed by atoms with van der Waals surface area (Å²) in [7, 11) is 0. The van der Waals surface area contributed by atoms with Gasteiger partial charge in [0.1, 0.15) is 0 Å². The molecule has 0 heterocycles. The van der Waals surface area contributed by atoms with Gasteiger partial charge in [0.2, 0.25) is 0 Å². The molecule has 2 heteroatoms. The highest BCUT2D eigenvalue weighted by atomic mass is 127. The van der Waals surface area contributed by atoms with E-state index >= 15 is 0 Å². The number of hydrogen-bond donors (Lipinski definition) is 0. The summed E-state index contributed by atoms with van der Waals surface area (Å²) in [5.41, 5.74) is 0. The van der Waals surface area contributed by atoms with Crippen molar-refractivity contribution in [2.75, 3.05) is 26.2 Å². The van der Waals surface area contributed by atoms with Crippen LogP contribution in [0.5, 0.6) is 0 Å². The zero-order valence-corrected chi connectivity index (χ0v) is 36.7. The van der Waals surface area contributed by atoms with E-state index in [4.69, 9.17) is 0 Å². The number of rotatable bonds is 42. The SMILES string of the molecule is CCCCCCCCCCCCCCCCCC[N+](CCCCC)(CCCCC)CCCCCCCCCCCCCCCCCC.[I-]. The van der Waals surface area contributed by atoms with Gasteiger partial charge in [-0.1, -0.05) is 220 Å². The van der Waals surface area contributed by atoms with Crippen LogP contribution in [0.3, 0.4) is 0 Å². The van der Waals surface area contributed by atoms with Gasteiger partial charge in [0.25, 0.3) is 0 Å². The second kappa shape index (κ2) is 43.9. The Balaban J connectivity index is 0. The van der Waals surface area contributed by atoms with Gasteiger partial charge in [-0.05, 0) is 51.4 Å². The van der Waals surface area contributed by atoms with Gasteiger partial charge in [-0.3, -0.25) is 0 Å². The van der Waals surface area contributed by atoms with Crippen molar-refractivity contribution in [3.63, 3.8) is 0 Å². The van der Waals surface area contributed by atoms with Crippen molar-refractivity contribution in [2.45, 2.75) is 272 Å². The van der Waals surface area contributed by atoms with Crippen LogP contribution < -0.4 is 24.0 Å². The van der Waals surface area contributed by atoms with Crippen LogP contribution >= 0.6 is 0 Å². The monoisotopic (exact) mass is 790 g/mol. The Morgan fingerprint density at radius 2 is 0.312 bits per heavy atom. The average molecular weight is 790 g/mol. The van der Waals surface area contributed by atoms with Crippen LogP contribution in [-0.4, -0.2) is 30.7 Å². The van der Waals surface area contributed by atoms with Gasteiger partial charge in [0.15, 0.2) is 0 Å². The van der Waals surface area contributed by atoms with E-state index in [9.17, 15) is 0 Å². The molecule has 0 rings (SSSR count). The van der Waals surface area contributed by atoms with Gasteiger partial charge in [-0.25, -0.2) is 0 Å². The van der Waals surface area contributed by atoms with Gasteiger partial charge in [0, 0.05) is 0 Å². The Morgan fingerprint density at radius 1 is 0.188 bits per heavy atom. The summed E-state index contributed by atoms with van der Waals surface area (Å²) >= 11 is 0. The lowest BCUT2D eigenvalue weighted by Crippen LogP contribution is -3.00. The molecule has 0 aromatic heterocycles. The number of nitrogens with zero attached hydrogens (tertiary/aromatic N) is 1. The second-order valence-electron chi connectivity index (χ2n) is 16.3. The van der Waals surface area contributed by atoms with E-state index < -0.39 is 0 Å². The molecule has 0 aliphatic rings. The summed E-state index contributed by atoms with van der Waals surface area (Å²) in [4.78, 5) is 0. The molecular formula is C46H96IN. The van der Waals surface area contributed by atoms with Crippen LogP contribution in [0.4, 0.5) is 0 Å². The smallest absolute Gasteiger partial charge is 0.0786 e. The van der Waals surface area contributed by atoms with Gasteiger partial charge >= 0.3 is 0 Å².